The van der Waals surface area contributed by atoms with Crippen molar-refractivity contribution < 1.29 is 4.39 Å². The van der Waals surface area contributed by atoms with E-state index in [1.54, 1.807) is 6.07 Å². The summed E-state index contributed by atoms with van der Waals surface area (Å²) in [6, 6.07) is 3.52. The fraction of sp³-hybridized carbons (Fsp3) is 0.533. The Balaban J connectivity index is 2.01. The number of hydrogen-bond donors (Lipinski definition) is 1. The van der Waals surface area contributed by atoms with Gasteiger partial charge in [0.2, 0.25) is 0 Å². The highest BCUT2D eigenvalue weighted by atomic mass is 35.5. The van der Waals surface area contributed by atoms with Crippen molar-refractivity contribution in [1.29, 1.82) is 0 Å². The summed E-state index contributed by atoms with van der Waals surface area (Å²) in [5.41, 5.74) is 1.65. The van der Waals surface area contributed by atoms with Crippen LogP contribution in [0, 0.1) is 16.5 Å². The van der Waals surface area contributed by atoms with Crippen molar-refractivity contribution in [2.75, 3.05) is 0 Å². The third kappa shape index (κ3) is 2.40. The second kappa shape index (κ2) is 5.49. The van der Waals surface area contributed by atoms with Crippen LogP contribution in [-0.4, -0.2) is 9.55 Å². The summed E-state index contributed by atoms with van der Waals surface area (Å²) < 4.78 is 16.3. The van der Waals surface area contributed by atoms with Gasteiger partial charge in [-0.15, -0.1) is 0 Å². The number of fused-ring (bicyclic) bond motifs is 1. The molecule has 3 rings (SSSR count). The predicted molar refractivity (Wildman–Crippen MR) is 83.4 cm³/mol. The highest BCUT2D eigenvalue weighted by molar-refractivity contribution is 7.71. The SMILES string of the molecule is CCC1CCC(n2c(=S)[nH]c3cc(F)c(Cl)cc32)CC1. The summed E-state index contributed by atoms with van der Waals surface area (Å²) in [5, 5.41) is 0.155. The molecule has 1 fully saturated rings. The van der Waals surface area contributed by atoms with E-state index in [2.05, 4.69) is 16.5 Å². The van der Waals surface area contributed by atoms with E-state index in [1.165, 1.54) is 25.3 Å². The molecular weight excluding hydrogens is 295 g/mol. The summed E-state index contributed by atoms with van der Waals surface area (Å²) in [6.07, 6.45) is 6.00. The maximum absolute atomic E-state index is 13.5. The second-order valence-electron chi connectivity index (χ2n) is 5.67. The van der Waals surface area contributed by atoms with Crippen LogP contribution in [0.25, 0.3) is 11.0 Å². The molecule has 0 radical (unpaired) electrons. The van der Waals surface area contributed by atoms with Gasteiger partial charge in [0.05, 0.1) is 16.1 Å². The minimum absolute atomic E-state index is 0.155. The number of nitrogens with zero attached hydrogens (tertiary/aromatic N) is 1. The van der Waals surface area contributed by atoms with E-state index in [9.17, 15) is 4.39 Å². The second-order valence-corrected chi connectivity index (χ2v) is 6.46. The minimum Gasteiger partial charge on any atom is -0.330 e. The minimum atomic E-state index is -0.405. The fourth-order valence-electron chi connectivity index (χ4n) is 3.29. The van der Waals surface area contributed by atoms with E-state index in [0.717, 1.165) is 29.8 Å². The van der Waals surface area contributed by atoms with Crippen molar-refractivity contribution in [3.63, 3.8) is 0 Å². The van der Waals surface area contributed by atoms with Crippen molar-refractivity contribution in [1.82, 2.24) is 9.55 Å². The molecule has 1 saturated carbocycles. The van der Waals surface area contributed by atoms with Gasteiger partial charge in [0.1, 0.15) is 5.82 Å². The number of imidazole rings is 1. The van der Waals surface area contributed by atoms with Gasteiger partial charge in [-0.2, -0.15) is 0 Å². The number of halogens is 2. The van der Waals surface area contributed by atoms with Gasteiger partial charge in [-0.25, -0.2) is 4.39 Å². The van der Waals surface area contributed by atoms with Crippen molar-refractivity contribution in [3.05, 3.63) is 27.7 Å². The van der Waals surface area contributed by atoms with Crippen LogP contribution in [0.3, 0.4) is 0 Å². The van der Waals surface area contributed by atoms with Crippen LogP contribution in [0.15, 0.2) is 12.1 Å². The third-order valence-electron chi connectivity index (χ3n) is 4.52. The van der Waals surface area contributed by atoms with E-state index in [4.69, 9.17) is 23.8 Å². The zero-order valence-electron chi connectivity index (χ0n) is 11.5. The number of rotatable bonds is 2. The number of benzene rings is 1. The van der Waals surface area contributed by atoms with Crippen molar-refractivity contribution in [2.24, 2.45) is 5.92 Å². The summed E-state index contributed by atoms with van der Waals surface area (Å²) in [4.78, 5) is 3.10. The largest absolute Gasteiger partial charge is 0.330 e. The normalized spacial score (nSPS) is 23.4. The molecule has 0 unspecified atom stereocenters. The Morgan fingerprint density at radius 3 is 2.70 bits per heavy atom. The Kier molecular flexibility index (Phi) is 3.87. The molecule has 0 saturated heterocycles. The standard InChI is InChI=1S/C15H18ClFN2S/c1-2-9-3-5-10(6-4-9)19-14-7-11(16)12(17)8-13(14)18-15(19)20/h7-10H,2-6H2,1H3,(H,18,20). The molecule has 1 aromatic heterocycles. The van der Waals surface area contributed by atoms with E-state index < -0.39 is 5.82 Å². The average Bonchev–Trinajstić information content (AvgIpc) is 2.75. The van der Waals surface area contributed by atoms with Gasteiger partial charge in [0.15, 0.2) is 4.77 Å². The molecular formula is C15H18ClFN2S. The molecule has 0 amide bonds. The van der Waals surface area contributed by atoms with Crippen LogP contribution in [0.1, 0.15) is 45.1 Å². The van der Waals surface area contributed by atoms with Crippen LogP contribution in [0.2, 0.25) is 5.02 Å². The Morgan fingerprint density at radius 1 is 1.35 bits per heavy atom. The lowest BCUT2D eigenvalue weighted by molar-refractivity contribution is 0.272. The molecule has 1 heterocycles. The Bertz CT molecular complexity index is 683. The van der Waals surface area contributed by atoms with Gasteiger partial charge < -0.3 is 9.55 Å². The lowest BCUT2D eigenvalue weighted by Crippen LogP contribution is -2.17. The lowest BCUT2D eigenvalue weighted by Gasteiger charge is -2.29. The highest BCUT2D eigenvalue weighted by Crippen LogP contribution is 2.36. The van der Waals surface area contributed by atoms with Gasteiger partial charge in [-0.05, 0) is 49.9 Å². The molecule has 1 aliphatic carbocycles. The molecule has 0 aliphatic heterocycles. The van der Waals surface area contributed by atoms with E-state index in [1.807, 2.05) is 0 Å². The average molecular weight is 313 g/mol. The molecule has 1 aromatic carbocycles. The van der Waals surface area contributed by atoms with Crippen LogP contribution in [0.4, 0.5) is 4.39 Å². The first-order valence-electron chi connectivity index (χ1n) is 7.19. The Morgan fingerprint density at radius 2 is 2.05 bits per heavy atom. The van der Waals surface area contributed by atoms with Crippen LogP contribution in [0.5, 0.6) is 0 Å². The van der Waals surface area contributed by atoms with Gasteiger partial charge in [-0.1, -0.05) is 24.9 Å². The summed E-state index contributed by atoms with van der Waals surface area (Å²) in [7, 11) is 0. The zero-order chi connectivity index (χ0) is 14.3. The van der Waals surface area contributed by atoms with Crippen LogP contribution in [-0.2, 0) is 0 Å². The number of hydrogen-bond acceptors (Lipinski definition) is 1. The Hall–Kier alpha value is -0.870. The fourth-order valence-corrected chi connectivity index (χ4v) is 3.81. The maximum atomic E-state index is 13.5. The number of aromatic nitrogens is 2. The highest BCUT2D eigenvalue weighted by Gasteiger charge is 2.23. The molecule has 2 aromatic rings. The number of aromatic amines is 1. The first-order chi connectivity index (χ1) is 9.60. The molecule has 1 N–H and O–H groups in total. The molecule has 0 spiro atoms. The summed E-state index contributed by atoms with van der Waals surface area (Å²) >= 11 is 11.3. The summed E-state index contributed by atoms with van der Waals surface area (Å²) in [5.74, 6) is 0.434. The molecule has 108 valence electrons. The number of H-pyrrole nitrogens is 1. The van der Waals surface area contributed by atoms with Crippen molar-refractivity contribution in [3.8, 4) is 0 Å². The van der Waals surface area contributed by atoms with Gasteiger partial charge >= 0.3 is 0 Å². The maximum Gasteiger partial charge on any atom is 0.178 e. The van der Waals surface area contributed by atoms with E-state index in [0.29, 0.717) is 10.8 Å². The van der Waals surface area contributed by atoms with Crippen molar-refractivity contribution in [2.45, 2.75) is 45.1 Å². The number of nitrogens with one attached hydrogen (secondary N) is 1. The van der Waals surface area contributed by atoms with E-state index in [-0.39, 0.29) is 5.02 Å². The summed E-state index contributed by atoms with van der Waals surface area (Å²) in [6.45, 7) is 2.25. The molecule has 5 heteroatoms. The smallest absolute Gasteiger partial charge is 0.178 e. The molecule has 20 heavy (non-hydrogen) atoms. The van der Waals surface area contributed by atoms with Gasteiger partial charge in [0, 0.05) is 12.1 Å². The topological polar surface area (TPSA) is 20.7 Å². The first-order valence-corrected chi connectivity index (χ1v) is 7.98. The molecule has 1 aliphatic rings. The first kappa shape index (κ1) is 14.1. The van der Waals surface area contributed by atoms with Gasteiger partial charge in [0.25, 0.3) is 0 Å². The van der Waals surface area contributed by atoms with Crippen LogP contribution < -0.4 is 0 Å². The van der Waals surface area contributed by atoms with Crippen molar-refractivity contribution >= 4 is 34.9 Å². The predicted octanol–water partition coefficient (Wildman–Crippen LogP) is 5.63. The van der Waals surface area contributed by atoms with E-state index >= 15 is 0 Å². The molecule has 0 atom stereocenters. The quantitative estimate of drug-likeness (QED) is 0.712. The third-order valence-corrected chi connectivity index (χ3v) is 5.11. The van der Waals surface area contributed by atoms with Gasteiger partial charge in [-0.3, -0.25) is 0 Å². The Labute approximate surface area is 127 Å². The van der Waals surface area contributed by atoms with Crippen LogP contribution >= 0.6 is 23.8 Å². The monoisotopic (exact) mass is 312 g/mol. The molecule has 0 bridgehead atoms. The zero-order valence-corrected chi connectivity index (χ0v) is 13.0. The molecule has 2 nitrogen and oxygen atoms in total. The lowest BCUT2D eigenvalue weighted by atomic mass is 9.84.